The number of hydrogen-bond acceptors (Lipinski definition) is 5. The number of pyridine rings is 1. The molecule has 0 aromatic carbocycles. The molecule has 3 rings (SSSR count). The van der Waals surface area contributed by atoms with Crippen LogP contribution in [0.3, 0.4) is 0 Å². The molecule has 0 aliphatic rings. The number of fused-ring (bicyclic) bond motifs is 1. The van der Waals surface area contributed by atoms with Crippen LogP contribution in [0.2, 0.25) is 0 Å². The summed E-state index contributed by atoms with van der Waals surface area (Å²) in [5.41, 5.74) is 1.24. The molecule has 3 aromatic rings. The zero-order valence-corrected chi connectivity index (χ0v) is 10.5. The molecular formula is C12H10FN5O2. The maximum atomic E-state index is 12.7. The molecule has 20 heavy (non-hydrogen) atoms. The standard InChI is InChI=1S/C12H10FN5O2/c1-20-11-5-2-7(8-3-4-10(19)16-15-8)12-14-9(6-13)17-18(11)12/h2-5H,6H2,1H3,(H,16,19). The molecule has 1 N–H and O–H groups in total. The van der Waals surface area contributed by atoms with Crippen LogP contribution in [0.4, 0.5) is 4.39 Å². The Morgan fingerprint density at radius 2 is 2.20 bits per heavy atom. The molecule has 3 heterocycles. The Balaban J connectivity index is 2.28. The highest BCUT2D eigenvalue weighted by Gasteiger charge is 2.14. The molecule has 3 aromatic heterocycles. The van der Waals surface area contributed by atoms with Gasteiger partial charge in [-0.3, -0.25) is 4.79 Å². The summed E-state index contributed by atoms with van der Waals surface area (Å²) in [6.07, 6.45) is 0. The predicted molar refractivity (Wildman–Crippen MR) is 68.2 cm³/mol. The van der Waals surface area contributed by atoms with Gasteiger partial charge in [0.25, 0.3) is 5.56 Å². The topological polar surface area (TPSA) is 85.2 Å². The highest BCUT2D eigenvalue weighted by atomic mass is 19.1. The van der Waals surface area contributed by atoms with Crippen LogP contribution in [-0.2, 0) is 6.67 Å². The van der Waals surface area contributed by atoms with E-state index in [1.165, 1.54) is 17.7 Å². The van der Waals surface area contributed by atoms with Gasteiger partial charge < -0.3 is 4.74 Å². The summed E-state index contributed by atoms with van der Waals surface area (Å²) in [5.74, 6) is 0.487. The van der Waals surface area contributed by atoms with Gasteiger partial charge in [0, 0.05) is 17.7 Å². The molecule has 0 aliphatic carbocycles. The zero-order valence-electron chi connectivity index (χ0n) is 10.5. The lowest BCUT2D eigenvalue weighted by Crippen LogP contribution is -2.06. The van der Waals surface area contributed by atoms with Crippen molar-refractivity contribution in [1.82, 2.24) is 24.8 Å². The monoisotopic (exact) mass is 275 g/mol. The highest BCUT2D eigenvalue weighted by Crippen LogP contribution is 2.25. The van der Waals surface area contributed by atoms with Crippen molar-refractivity contribution in [3.05, 3.63) is 40.4 Å². The fourth-order valence-electron chi connectivity index (χ4n) is 1.89. The molecule has 7 nitrogen and oxygen atoms in total. The summed E-state index contributed by atoms with van der Waals surface area (Å²) in [6, 6.07) is 6.32. The van der Waals surface area contributed by atoms with E-state index in [-0.39, 0.29) is 11.4 Å². The van der Waals surface area contributed by atoms with Gasteiger partial charge in [-0.15, -0.1) is 5.10 Å². The van der Waals surface area contributed by atoms with E-state index in [2.05, 4.69) is 20.3 Å². The van der Waals surface area contributed by atoms with Crippen molar-refractivity contribution in [2.24, 2.45) is 0 Å². The average molecular weight is 275 g/mol. The van der Waals surface area contributed by atoms with E-state index >= 15 is 0 Å². The lowest BCUT2D eigenvalue weighted by molar-refractivity contribution is 0.384. The fourth-order valence-corrected chi connectivity index (χ4v) is 1.89. The summed E-state index contributed by atoms with van der Waals surface area (Å²) in [7, 11) is 1.49. The van der Waals surface area contributed by atoms with Crippen molar-refractivity contribution in [2.45, 2.75) is 6.67 Å². The SMILES string of the molecule is COc1ccc(-c2ccc(=O)[nH]n2)c2nc(CF)nn12. The summed E-state index contributed by atoms with van der Waals surface area (Å²) in [5, 5.41) is 10.3. The number of hydrogen-bond donors (Lipinski definition) is 1. The zero-order chi connectivity index (χ0) is 14.1. The number of rotatable bonds is 3. The summed E-state index contributed by atoms with van der Waals surface area (Å²) >= 11 is 0. The number of nitrogens with zero attached hydrogens (tertiary/aromatic N) is 4. The Hall–Kier alpha value is -2.77. The van der Waals surface area contributed by atoms with Gasteiger partial charge >= 0.3 is 0 Å². The Bertz CT molecular complexity index is 806. The van der Waals surface area contributed by atoms with Crippen LogP contribution < -0.4 is 10.3 Å². The van der Waals surface area contributed by atoms with Gasteiger partial charge in [-0.1, -0.05) is 0 Å². The first-order chi connectivity index (χ1) is 9.72. The number of halogens is 1. The molecular weight excluding hydrogens is 265 g/mol. The van der Waals surface area contributed by atoms with E-state index in [4.69, 9.17) is 4.74 Å². The first kappa shape index (κ1) is 12.3. The van der Waals surface area contributed by atoms with Crippen LogP contribution in [-0.4, -0.2) is 31.9 Å². The quantitative estimate of drug-likeness (QED) is 0.769. The van der Waals surface area contributed by atoms with Gasteiger partial charge in [0.05, 0.1) is 12.8 Å². The molecule has 0 spiro atoms. The number of H-pyrrole nitrogens is 1. The fraction of sp³-hybridized carbons (Fsp3) is 0.167. The highest BCUT2D eigenvalue weighted by molar-refractivity contribution is 5.75. The van der Waals surface area contributed by atoms with E-state index in [0.29, 0.717) is 22.8 Å². The Kier molecular flexibility index (Phi) is 2.90. The first-order valence-corrected chi connectivity index (χ1v) is 5.77. The van der Waals surface area contributed by atoms with Gasteiger partial charge in [-0.2, -0.15) is 9.61 Å². The van der Waals surface area contributed by atoms with Crippen LogP contribution in [0.5, 0.6) is 5.88 Å². The van der Waals surface area contributed by atoms with Crippen LogP contribution in [0.25, 0.3) is 16.9 Å². The second kappa shape index (κ2) is 4.72. The van der Waals surface area contributed by atoms with Gasteiger partial charge in [0.15, 0.2) is 18.1 Å². The third-order valence-electron chi connectivity index (χ3n) is 2.78. The Morgan fingerprint density at radius 1 is 1.35 bits per heavy atom. The molecule has 0 fully saturated rings. The molecule has 0 amide bonds. The molecule has 8 heteroatoms. The summed E-state index contributed by atoms with van der Waals surface area (Å²) in [4.78, 5) is 15.2. The van der Waals surface area contributed by atoms with Gasteiger partial charge in [-0.05, 0) is 12.1 Å². The molecule has 102 valence electrons. The average Bonchev–Trinajstić information content (AvgIpc) is 2.91. The van der Waals surface area contributed by atoms with Gasteiger partial charge in [0.1, 0.15) is 0 Å². The van der Waals surface area contributed by atoms with Crippen LogP contribution in [0, 0.1) is 0 Å². The molecule has 0 bridgehead atoms. The largest absolute Gasteiger partial charge is 0.481 e. The number of methoxy groups -OCH3 is 1. The van der Waals surface area contributed by atoms with E-state index in [1.807, 2.05) is 0 Å². The number of aromatic amines is 1. The molecule has 0 unspecified atom stereocenters. The van der Waals surface area contributed by atoms with E-state index in [1.54, 1.807) is 18.2 Å². The number of ether oxygens (including phenoxy) is 1. The van der Waals surface area contributed by atoms with Crippen molar-refractivity contribution >= 4 is 5.65 Å². The smallest absolute Gasteiger partial charge is 0.264 e. The van der Waals surface area contributed by atoms with Crippen molar-refractivity contribution in [2.75, 3.05) is 7.11 Å². The summed E-state index contributed by atoms with van der Waals surface area (Å²) in [6.45, 7) is -0.774. The minimum Gasteiger partial charge on any atom is -0.481 e. The number of alkyl halides is 1. The summed E-state index contributed by atoms with van der Waals surface area (Å²) < 4.78 is 19.3. The lowest BCUT2D eigenvalue weighted by Gasteiger charge is -2.05. The van der Waals surface area contributed by atoms with Gasteiger partial charge in [-0.25, -0.2) is 14.5 Å². The van der Waals surface area contributed by atoms with E-state index < -0.39 is 6.67 Å². The number of nitrogens with one attached hydrogen (secondary N) is 1. The minimum atomic E-state index is -0.774. The predicted octanol–water partition coefficient (Wildman–Crippen LogP) is 0.958. The molecule has 0 aliphatic heterocycles. The van der Waals surface area contributed by atoms with E-state index in [9.17, 15) is 9.18 Å². The van der Waals surface area contributed by atoms with Crippen molar-refractivity contribution in [1.29, 1.82) is 0 Å². The van der Waals surface area contributed by atoms with Crippen molar-refractivity contribution < 1.29 is 9.13 Å². The van der Waals surface area contributed by atoms with Crippen LogP contribution in [0.15, 0.2) is 29.1 Å². The molecule has 0 radical (unpaired) electrons. The molecule has 0 atom stereocenters. The van der Waals surface area contributed by atoms with Crippen molar-refractivity contribution in [3.8, 4) is 17.1 Å². The Labute approximate surface area is 112 Å². The molecule has 0 saturated heterocycles. The maximum Gasteiger partial charge on any atom is 0.264 e. The first-order valence-electron chi connectivity index (χ1n) is 5.77. The van der Waals surface area contributed by atoms with Crippen LogP contribution in [0.1, 0.15) is 5.82 Å². The second-order valence-electron chi connectivity index (χ2n) is 3.99. The van der Waals surface area contributed by atoms with Gasteiger partial charge in [0.2, 0.25) is 5.88 Å². The minimum absolute atomic E-state index is 0.0557. The van der Waals surface area contributed by atoms with Crippen LogP contribution >= 0.6 is 0 Å². The van der Waals surface area contributed by atoms with Crippen molar-refractivity contribution in [3.63, 3.8) is 0 Å². The third kappa shape index (κ3) is 1.91. The second-order valence-corrected chi connectivity index (χ2v) is 3.99. The maximum absolute atomic E-state index is 12.7. The van der Waals surface area contributed by atoms with E-state index in [0.717, 1.165) is 0 Å². The molecule has 0 saturated carbocycles. The third-order valence-corrected chi connectivity index (χ3v) is 2.78. The normalized spacial score (nSPS) is 10.9. The Morgan fingerprint density at radius 3 is 2.85 bits per heavy atom. The number of aromatic nitrogens is 5. The lowest BCUT2D eigenvalue weighted by atomic mass is 10.2.